The first-order valence-electron chi connectivity index (χ1n) is 7.75. The first-order valence-corrected chi connectivity index (χ1v) is 10.00. The number of amides is 1. The number of aromatic nitrogens is 5. The fourth-order valence-electron chi connectivity index (χ4n) is 2.10. The third-order valence-electron chi connectivity index (χ3n) is 3.30. The predicted octanol–water partition coefficient (Wildman–Crippen LogP) is 3.25. The number of nitrogens with zero attached hydrogens (tertiary/aromatic N) is 5. The van der Waals surface area contributed by atoms with Crippen LogP contribution in [0.3, 0.4) is 0 Å². The molecule has 2 aromatic heterocycles. The van der Waals surface area contributed by atoms with Crippen molar-refractivity contribution in [3.8, 4) is 5.75 Å². The Hall–Kier alpha value is -2.24. The summed E-state index contributed by atoms with van der Waals surface area (Å²) in [7, 11) is 0. The smallest absolute Gasteiger partial charge is 0.236 e. The van der Waals surface area contributed by atoms with Crippen molar-refractivity contribution in [2.45, 2.75) is 25.2 Å². The number of nitrogens with one attached hydrogen (secondary N) is 1. The van der Waals surface area contributed by atoms with Gasteiger partial charge in [-0.15, -0.1) is 20.4 Å². The zero-order chi connectivity index (χ0) is 19.2. The Morgan fingerprint density at radius 3 is 2.96 bits per heavy atom. The van der Waals surface area contributed by atoms with Gasteiger partial charge in [0.15, 0.2) is 11.0 Å². The average Bonchev–Trinajstić information content (AvgIpc) is 3.28. The highest BCUT2D eigenvalue weighted by molar-refractivity contribution is 7.99. The van der Waals surface area contributed by atoms with Crippen molar-refractivity contribution in [2.75, 3.05) is 11.1 Å². The SMILES string of the molecule is CCn1c(COc2ccc(F)cc2Cl)nnc1SCC(=O)Nc1nncs1. The van der Waals surface area contributed by atoms with E-state index in [4.69, 9.17) is 16.3 Å². The molecule has 27 heavy (non-hydrogen) atoms. The van der Waals surface area contributed by atoms with Crippen LogP contribution < -0.4 is 10.1 Å². The van der Waals surface area contributed by atoms with E-state index in [-0.39, 0.29) is 23.3 Å². The van der Waals surface area contributed by atoms with Gasteiger partial charge < -0.3 is 9.30 Å². The van der Waals surface area contributed by atoms with Gasteiger partial charge in [0.05, 0.1) is 10.8 Å². The van der Waals surface area contributed by atoms with Crippen LogP contribution >= 0.6 is 34.7 Å². The summed E-state index contributed by atoms with van der Waals surface area (Å²) in [5.41, 5.74) is 1.54. The van der Waals surface area contributed by atoms with Crippen LogP contribution in [0.15, 0.2) is 28.9 Å². The Morgan fingerprint density at radius 1 is 1.41 bits per heavy atom. The molecule has 0 fully saturated rings. The van der Waals surface area contributed by atoms with E-state index in [0.717, 1.165) is 0 Å². The normalized spacial score (nSPS) is 10.8. The number of carbonyl (C=O) groups is 1. The Balaban J connectivity index is 1.59. The van der Waals surface area contributed by atoms with E-state index in [9.17, 15) is 9.18 Å². The van der Waals surface area contributed by atoms with Gasteiger partial charge in [0.1, 0.15) is 23.7 Å². The molecule has 142 valence electrons. The van der Waals surface area contributed by atoms with Crippen LogP contribution in [0.1, 0.15) is 12.7 Å². The van der Waals surface area contributed by atoms with E-state index in [1.807, 2.05) is 11.5 Å². The zero-order valence-corrected chi connectivity index (χ0v) is 16.4. The van der Waals surface area contributed by atoms with Gasteiger partial charge in [-0.3, -0.25) is 10.1 Å². The third-order valence-corrected chi connectivity index (χ3v) is 5.17. The van der Waals surface area contributed by atoms with Crippen molar-refractivity contribution in [2.24, 2.45) is 0 Å². The van der Waals surface area contributed by atoms with Crippen LogP contribution in [-0.2, 0) is 17.9 Å². The highest BCUT2D eigenvalue weighted by atomic mass is 35.5. The maximum Gasteiger partial charge on any atom is 0.236 e. The van der Waals surface area contributed by atoms with Crippen molar-refractivity contribution >= 4 is 45.7 Å². The summed E-state index contributed by atoms with van der Waals surface area (Å²) in [5, 5.41) is 19.5. The fraction of sp³-hybridized carbons (Fsp3) is 0.267. The highest BCUT2D eigenvalue weighted by Gasteiger charge is 2.15. The molecule has 0 unspecified atom stereocenters. The minimum Gasteiger partial charge on any atom is -0.484 e. The van der Waals surface area contributed by atoms with Crippen molar-refractivity contribution in [3.63, 3.8) is 0 Å². The summed E-state index contributed by atoms with van der Waals surface area (Å²) in [5.74, 6) is 0.440. The lowest BCUT2D eigenvalue weighted by atomic mass is 10.3. The molecule has 0 saturated heterocycles. The van der Waals surface area contributed by atoms with Crippen LogP contribution in [-0.4, -0.2) is 36.6 Å². The van der Waals surface area contributed by atoms with Crippen LogP contribution in [0.25, 0.3) is 0 Å². The molecule has 0 saturated carbocycles. The molecule has 1 amide bonds. The molecule has 0 bridgehead atoms. The molecule has 1 aromatic carbocycles. The van der Waals surface area contributed by atoms with Gasteiger partial charge in [-0.1, -0.05) is 34.7 Å². The van der Waals surface area contributed by atoms with Gasteiger partial charge in [-0.2, -0.15) is 0 Å². The topological polar surface area (TPSA) is 94.8 Å². The standard InChI is InChI=1S/C15H14ClFN6O2S2/c1-2-23-12(6-25-11-4-3-9(17)5-10(11)16)20-22-15(23)26-7-13(24)19-14-21-18-8-27-14/h3-5,8H,2,6-7H2,1H3,(H,19,21,24). The number of anilines is 1. The minimum atomic E-state index is -0.436. The number of benzene rings is 1. The molecule has 0 radical (unpaired) electrons. The largest absolute Gasteiger partial charge is 0.484 e. The minimum absolute atomic E-state index is 0.115. The first-order chi connectivity index (χ1) is 13.1. The third kappa shape index (κ3) is 5.15. The molecule has 8 nitrogen and oxygen atoms in total. The number of rotatable bonds is 8. The lowest BCUT2D eigenvalue weighted by Crippen LogP contribution is -2.14. The Labute approximate surface area is 167 Å². The zero-order valence-electron chi connectivity index (χ0n) is 14.1. The fourth-order valence-corrected chi connectivity index (χ4v) is 3.60. The number of halogens is 2. The second kappa shape index (κ2) is 9.11. The molecule has 0 spiro atoms. The van der Waals surface area contributed by atoms with Crippen molar-refractivity contribution < 1.29 is 13.9 Å². The second-order valence-corrected chi connectivity index (χ2v) is 7.27. The number of hydrogen-bond donors (Lipinski definition) is 1. The molecule has 0 aliphatic carbocycles. The second-order valence-electron chi connectivity index (χ2n) is 5.09. The summed E-state index contributed by atoms with van der Waals surface area (Å²) in [6, 6.07) is 3.90. The molecule has 0 aliphatic rings. The lowest BCUT2D eigenvalue weighted by Gasteiger charge is -2.09. The van der Waals surface area contributed by atoms with E-state index in [1.54, 1.807) is 0 Å². The molecule has 0 aliphatic heterocycles. The molecule has 3 rings (SSSR count). The Morgan fingerprint density at radius 2 is 2.26 bits per heavy atom. The number of hydrogen-bond acceptors (Lipinski definition) is 8. The van der Waals surface area contributed by atoms with Crippen molar-refractivity contribution in [1.29, 1.82) is 0 Å². The van der Waals surface area contributed by atoms with E-state index in [2.05, 4.69) is 25.7 Å². The molecule has 3 aromatic rings. The van der Waals surface area contributed by atoms with Crippen LogP contribution in [0.5, 0.6) is 5.75 Å². The van der Waals surface area contributed by atoms with Crippen molar-refractivity contribution in [1.82, 2.24) is 25.0 Å². The Kier molecular flexibility index (Phi) is 6.58. The molecule has 12 heteroatoms. The maximum atomic E-state index is 13.1. The van der Waals surface area contributed by atoms with Gasteiger partial charge in [-0.25, -0.2) is 4.39 Å². The van der Waals surface area contributed by atoms with Gasteiger partial charge in [0, 0.05) is 6.54 Å². The van der Waals surface area contributed by atoms with Gasteiger partial charge in [0.2, 0.25) is 11.0 Å². The van der Waals surface area contributed by atoms with Crippen LogP contribution in [0, 0.1) is 5.82 Å². The lowest BCUT2D eigenvalue weighted by molar-refractivity contribution is -0.113. The number of ether oxygens (including phenoxy) is 1. The summed E-state index contributed by atoms with van der Waals surface area (Å²) in [6.45, 7) is 2.65. The molecule has 1 N–H and O–H groups in total. The molecular formula is C15H14ClFN6O2S2. The average molecular weight is 429 g/mol. The van der Waals surface area contributed by atoms with E-state index < -0.39 is 5.82 Å². The monoisotopic (exact) mass is 428 g/mol. The Bertz CT molecular complexity index is 921. The van der Waals surface area contributed by atoms with Gasteiger partial charge >= 0.3 is 0 Å². The maximum absolute atomic E-state index is 13.1. The van der Waals surface area contributed by atoms with Crippen LogP contribution in [0.4, 0.5) is 9.52 Å². The summed E-state index contributed by atoms with van der Waals surface area (Å²) in [6.07, 6.45) is 0. The van der Waals surface area contributed by atoms with E-state index >= 15 is 0 Å². The number of thioether (sulfide) groups is 1. The van der Waals surface area contributed by atoms with E-state index in [1.165, 1.54) is 46.8 Å². The summed E-state index contributed by atoms with van der Waals surface area (Å²) in [4.78, 5) is 11.9. The predicted molar refractivity (Wildman–Crippen MR) is 101 cm³/mol. The summed E-state index contributed by atoms with van der Waals surface area (Å²) >= 11 is 8.45. The van der Waals surface area contributed by atoms with Crippen molar-refractivity contribution in [3.05, 3.63) is 40.4 Å². The van der Waals surface area contributed by atoms with Gasteiger partial charge in [0.25, 0.3) is 0 Å². The summed E-state index contributed by atoms with van der Waals surface area (Å²) < 4.78 is 20.5. The molecular weight excluding hydrogens is 415 g/mol. The quantitative estimate of drug-likeness (QED) is 0.550. The number of carbonyl (C=O) groups excluding carboxylic acids is 1. The first kappa shape index (κ1) is 19.5. The highest BCUT2D eigenvalue weighted by Crippen LogP contribution is 2.26. The van der Waals surface area contributed by atoms with Crippen LogP contribution in [0.2, 0.25) is 5.02 Å². The van der Waals surface area contributed by atoms with E-state index in [0.29, 0.717) is 28.4 Å². The molecule has 2 heterocycles. The molecule has 0 atom stereocenters. The van der Waals surface area contributed by atoms with Gasteiger partial charge in [-0.05, 0) is 25.1 Å².